The van der Waals surface area contributed by atoms with E-state index in [-0.39, 0.29) is 11.9 Å². The summed E-state index contributed by atoms with van der Waals surface area (Å²) in [6.45, 7) is 5.53. The first-order chi connectivity index (χ1) is 21.7. The van der Waals surface area contributed by atoms with E-state index >= 15 is 0 Å². The highest BCUT2D eigenvalue weighted by molar-refractivity contribution is 5.92. The second-order valence-electron chi connectivity index (χ2n) is 12.7. The maximum Gasteiger partial charge on any atom is 0.343 e. The molecule has 0 spiro atoms. The lowest BCUT2D eigenvalue weighted by Crippen LogP contribution is -2.44. The van der Waals surface area contributed by atoms with Crippen LogP contribution in [0.4, 0.5) is 0 Å². The molecule has 0 atom stereocenters. The number of rotatable bonds is 6. The fraction of sp³-hybridized carbons (Fsp3) is 0.205. The van der Waals surface area contributed by atoms with E-state index in [1.165, 1.54) is 0 Å². The first-order valence-corrected chi connectivity index (χ1v) is 15.1. The third-order valence-electron chi connectivity index (χ3n) is 8.91. The number of hydrogen-bond donors (Lipinski definition) is 0. The van der Waals surface area contributed by atoms with E-state index in [1.807, 2.05) is 32.9 Å². The third kappa shape index (κ3) is 4.60. The van der Waals surface area contributed by atoms with Crippen molar-refractivity contribution in [1.82, 2.24) is 4.98 Å². The van der Waals surface area contributed by atoms with Gasteiger partial charge in [0.15, 0.2) is 0 Å². The quantitative estimate of drug-likeness (QED) is 0.148. The van der Waals surface area contributed by atoms with Gasteiger partial charge in [0.05, 0.1) is 23.5 Å². The highest BCUT2D eigenvalue weighted by atomic mass is 16.5. The summed E-state index contributed by atoms with van der Waals surface area (Å²) in [6, 6.07) is 31.8. The smallest absolute Gasteiger partial charge is 0.343 e. The van der Waals surface area contributed by atoms with Crippen molar-refractivity contribution in [2.75, 3.05) is 7.11 Å². The molecule has 5 aromatic rings. The normalized spacial score (nSPS) is 17.5. The average molecular weight is 596 g/mol. The number of benzene rings is 4. The van der Waals surface area contributed by atoms with Crippen LogP contribution in [0.25, 0.3) is 0 Å². The lowest BCUT2D eigenvalue weighted by atomic mass is 9.51. The Morgan fingerprint density at radius 1 is 0.756 bits per heavy atom. The molecular weight excluding hydrogens is 562 g/mol. The summed E-state index contributed by atoms with van der Waals surface area (Å²) >= 11 is 0. The predicted molar refractivity (Wildman–Crippen MR) is 171 cm³/mol. The molecular formula is C39H33NO5. The fourth-order valence-electron chi connectivity index (χ4n) is 6.88. The lowest BCUT2D eigenvalue weighted by Gasteiger charge is -2.51. The third-order valence-corrected chi connectivity index (χ3v) is 8.91. The van der Waals surface area contributed by atoms with Gasteiger partial charge in [0.1, 0.15) is 17.2 Å². The van der Waals surface area contributed by atoms with E-state index in [1.54, 1.807) is 43.8 Å². The number of carbonyl (C=O) groups is 2. The van der Waals surface area contributed by atoms with Crippen LogP contribution in [0.1, 0.15) is 76.0 Å². The van der Waals surface area contributed by atoms with E-state index in [0.717, 1.165) is 44.7 Å². The first kappa shape index (κ1) is 28.5. The zero-order chi connectivity index (χ0) is 31.3. The van der Waals surface area contributed by atoms with Gasteiger partial charge in [-0.15, -0.1) is 0 Å². The first-order valence-electron chi connectivity index (χ1n) is 15.1. The molecule has 6 heteroatoms. The van der Waals surface area contributed by atoms with E-state index in [4.69, 9.17) is 14.2 Å². The van der Waals surface area contributed by atoms with Gasteiger partial charge in [0, 0.05) is 29.4 Å². The molecule has 0 amide bonds. The van der Waals surface area contributed by atoms with Crippen molar-refractivity contribution in [3.8, 4) is 17.2 Å². The Kier molecular flexibility index (Phi) is 6.81. The Labute approximate surface area is 262 Å². The Bertz CT molecular complexity index is 1890. The summed E-state index contributed by atoms with van der Waals surface area (Å²) < 4.78 is 18.0. The van der Waals surface area contributed by atoms with Gasteiger partial charge in [0.25, 0.3) is 0 Å². The van der Waals surface area contributed by atoms with Gasteiger partial charge in [-0.1, -0.05) is 60.7 Å². The number of nitrogens with zero attached hydrogens (tertiary/aromatic N) is 1. The van der Waals surface area contributed by atoms with Crippen LogP contribution in [0.2, 0.25) is 0 Å². The summed E-state index contributed by atoms with van der Waals surface area (Å²) in [6.07, 6.45) is 3.71. The van der Waals surface area contributed by atoms with Crippen molar-refractivity contribution in [3.63, 3.8) is 0 Å². The maximum atomic E-state index is 13.6. The molecule has 1 aromatic heterocycles. The topological polar surface area (TPSA) is 74.7 Å². The maximum absolute atomic E-state index is 13.6. The van der Waals surface area contributed by atoms with E-state index in [0.29, 0.717) is 23.5 Å². The number of aromatic nitrogens is 1. The molecule has 4 aromatic carbocycles. The average Bonchev–Trinajstić information content (AvgIpc) is 3.06. The van der Waals surface area contributed by atoms with Crippen LogP contribution in [-0.4, -0.2) is 24.0 Å². The van der Waals surface area contributed by atoms with Crippen LogP contribution in [0.15, 0.2) is 109 Å². The standard InChI is InChI=1S/C39H33NO5/c1-38(2,3)37(42)45-31-17-18-32(44-36(41)25-19-21-40-22-20-25)35-34(31)33-27-9-5-7-11-29(27)39(35,30-12-8-6-10-28(30)33)23-24-13-15-26(43-4)16-14-24/h5-22,33H,23H2,1-4H3. The van der Waals surface area contributed by atoms with Crippen LogP contribution < -0.4 is 14.2 Å². The number of hydrogen-bond acceptors (Lipinski definition) is 6. The second kappa shape index (κ2) is 10.7. The number of methoxy groups -OCH3 is 1. The second-order valence-corrected chi connectivity index (χ2v) is 12.7. The molecule has 2 bridgehead atoms. The molecule has 0 N–H and O–H groups in total. The van der Waals surface area contributed by atoms with Gasteiger partial charge in [-0.05, 0) is 91.4 Å². The van der Waals surface area contributed by atoms with Crippen molar-refractivity contribution in [1.29, 1.82) is 0 Å². The van der Waals surface area contributed by atoms with Crippen molar-refractivity contribution >= 4 is 11.9 Å². The molecule has 0 saturated heterocycles. The summed E-state index contributed by atoms with van der Waals surface area (Å²) in [5.41, 5.74) is 6.23. The van der Waals surface area contributed by atoms with E-state index in [9.17, 15) is 9.59 Å². The zero-order valence-corrected chi connectivity index (χ0v) is 25.7. The Morgan fingerprint density at radius 2 is 1.36 bits per heavy atom. The van der Waals surface area contributed by atoms with Gasteiger partial charge in [0.2, 0.25) is 0 Å². The Morgan fingerprint density at radius 3 is 1.96 bits per heavy atom. The summed E-state index contributed by atoms with van der Waals surface area (Å²) in [5, 5.41) is 0. The van der Waals surface area contributed by atoms with Crippen LogP contribution in [0.5, 0.6) is 17.2 Å². The van der Waals surface area contributed by atoms with E-state index in [2.05, 4.69) is 65.6 Å². The highest BCUT2D eigenvalue weighted by Crippen LogP contribution is 2.64. The highest BCUT2D eigenvalue weighted by Gasteiger charge is 2.54. The molecule has 0 aliphatic heterocycles. The monoisotopic (exact) mass is 595 g/mol. The SMILES string of the molecule is COc1ccc(CC23c4ccccc4C(c4ccccc42)c2c(OC(=O)C(C)(C)C)ccc(OC(=O)c4ccncc4)c23)cc1. The Balaban J connectivity index is 1.53. The molecule has 0 unspecified atom stereocenters. The molecule has 3 aliphatic rings. The van der Waals surface area contributed by atoms with Crippen molar-refractivity contribution in [3.05, 3.63) is 154 Å². The van der Waals surface area contributed by atoms with Gasteiger partial charge < -0.3 is 14.2 Å². The number of pyridine rings is 1. The number of ether oxygens (including phenoxy) is 3. The van der Waals surface area contributed by atoms with Gasteiger partial charge in [-0.2, -0.15) is 0 Å². The van der Waals surface area contributed by atoms with Gasteiger partial charge >= 0.3 is 11.9 Å². The summed E-state index contributed by atoms with van der Waals surface area (Å²) in [4.78, 5) is 31.0. The van der Waals surface area contributed by atoms with Crippen molar-refractivity contribution < 1.29 is 23.8 Å². The molecule has 8 rings (SSSR count). The summed E-state index contributed by atoms with van der Waals surface area (Å²) in [5.74, 6) is 0.632. The molecule has 0 saturated carbocycles. The van der Waals surface area contributed by atoms with Crippen LogP contribution >= 0.6 is 0 Å². The summed E-state index contributed by atoms with van der Waals surface area (Å²) in [7, 11) is 1.66. The Hall–Kier alpha value is -5.23. The predicted octanol–water partition coefficient (Wildman–Crippen LogP) is 7.65. The minimum absolute atomic E-state index is 0.229. The zero-order valence-electron chi connectivity index (χ0n) is 25.7. The van der Waals surface area contributed by atoms with Gasteiger partial charge in [-0.3, -0.25) is 9.78 Å². The molecule has 0 radical (unpaired) electrons. The molecule has 45 heavy (non-hydrogen) atoms. The fourth-order valence-corrected chi connectivity index (χ4v) is 6.88. The largest absolute Gasteiger partial charge is 0.497 e. The molecule has 3 aliphatic carbocycles. The molecule has 224 valence electrons. The lowest BCUT2D eigenvalue weighted by molar-refractivity contribution is -0.143. The number of carbonyl (C=O) groups excluding carboxylic acids is 2. The molecule has 1 heterocycles. The van der Waals surface area contributed by atoms with Crippen molar-refractivity contribution in [2.45, 2.75) is 38.5 Å². The molecule has 0 fully saturated rings. The minimum atomic E-state index is -0.760. The van der Waals surface area contributed by atoms with Crippen molar-refractivity contribution in [2.24, 2.45) is 5.41 Å². The van der Waals surface area contributed by atoms with Crippen LogP contribution in [0.3, 0.4) is 0 Å². The van der Waals surface area contributed by atoms with Crippen LogP contribution in [0, 0.1) is 5.41 Å². The molecule has 6 nitrogen and oxygen atoms in total. The number of esters is 2. The van der Waals surface area contributed by atoms with Gasteiger partial charge in [-0.25, -0.2) is 4.79 Å². The van der Waals surface area contributed by atoms with E-state index < -0.39 is 16.8 Å². The van der Waals surface area contributed by atoms with Crippen LogP contribution in [-0.2, 0) is 16.6 Å². The minimum Gasteiger partial charge on any atom is -0.497 e.